The molecule has 1 unspecified atom stereocenters. The third-order valence-electron chi connectivity index (χ3n) is 3.23. The van der Waals surface area contributed by atoms with Crippen molar-refractivity contribution < 1.29 is 14.6 Å². The zero-order valence-electron chi connectivity index (χ0n) is 9.23. The summed E-state index contributed by atoms with van der Waals surface area (Å²) in [6.45, 7) is 0.844. The third kappa shape index (κ3) is 2.16. The van der Waals surface area contributed by atoms with Gasteiger partial charge in [-0.05, 0) is 11.6 Å². The quantitative estimate of drug-likeness (QED) is 0.853. The van der Waals surface area contributed by atoms with Crippen LogP contribution in [0.4, 0.5) is 0 Å². The molecule has 1 aliphatic heterocycles. The molecule has 1 atom stereocenters. The molecule has 2 rings (SSSR count). The van der Waals surface area contributed by atoms with E-state index in [1.165, 1.54) is 0 Å². The van der Waals surface area contributed by atoms with E-state index < -0.39 is 17.4 Å². The lowest BCUT2D eigenvalue weighted by Crippen LogP contribution is -2.59. The maximum atomic E-state index is 10.8. The van der Waals surface area contributed by atoms with Crippen molar-refractivity contribution in [3.8, 4) is 0 Å². The topological polar surface area (TPSA) is 72.6 Å². The first-order chi connectivity index (χ1) is 8.06. The summed E-state index contributed by atoms with van der Waals surface area (Å²) < 4.78 is 5.22. The number of aliphatic carboxylic acids is 1. The van der Waals surface area contributed by atoms with Crippen LogP contribution in [0.3, 0.4) is 0 Å². The van der Waals surface area contributed by atoms with E-state index in [-0.39, 0.29) is 6.42 Å². The Balaban J connectivity index is 2.31. The van der Waals surface area contributed by atoms with E-state index >= 15 is 0 Å². The Morgan fingerprint density at radius 3 is 2.65 bits per heavy atom. The maximum absolute atomic E-state index is 10.8. The molecule has 0 amide bonds. The molecule has 0 radical (unpaired) electrons. The number of ether oxygens (including phenoxy) is 1. The van der Waals surface area contributed by atoms with Crippen LogP contribution in [0, 0.1) is 0 Å². The molecule has 3 N–H and O–H groups in total. The lowest BCUT2D eigenvalue weighted by molar-refractivity contribution is -0.140. The van der Waals surface area contributed by atoms with E-state index in [0.29, 0.717) is 18.2 Å². The van der Waals surface area contributed by atoms with Crippen molar-refractivity contribution in [2.45, 2.75) is 17.9 Å². The lowest BCUT2D eigenvalue weighted by atomic mass is 9.71. The molecule has 1 aromatic rings. The van der Waals surface area contributed by atoms with Crippen LogP contribution in [-0.2, 0) is 14.9 Å². The summed E-state index contributed by atoms with van der Waals surface area (Å²) in [4.78, 5) is 10.8. The minimum atomic E-state index is -0.907. The molecule has 0 aliphatic carbocycles. The molecular weight excluding hydrogens is 242 g/mol. The van der Waals surface area contributed by atoms with Gasteiger partial charge in [-0.1, -0.05) is 29.8 Å². The Morgan fingerprint density at radius 2 is 2.18 bits per heavy atom. The molecule has 1 aliphatic rings. The van der Waals surface area contributed by atoms with Crippen molar-refractivity contribution in [1.29, 1.82) is 0 Å². The fourth-order valence-electron chi connectivity index (χ4n) is 2.14. The second-order valence-corrected chi connectivity index (χ2v) is 4.74. The van der Waals surface area contributed by atoms with Gasteiger partial charge in [-0.15, -0.1) is 0 Å². The summed E-state index contributed by atoms with van der Waals surface area (Å²) in [6.07, 6.45) is -0.0887. The smallest absolute Gasteiger partial charge is 0.304 e. The van der Waals surface area contributed by atoms with Gasteiger partial charge in [0.15, 0.2) is 0 Å². The molecule has 0 spiro atoms. The average Bonchev–Trinajstić information content (AvgIpc) is 2.18. The number of halogens is 1. The molecule has 1 fully saturated rings. The summed E-state index contributed by atoms with van der Waals surface area (Å²) in [5.74, 6) is -0.907. The first kappa shape index (κ1) is 12.4. The number of hydrogen-bond donors (Lipinski definition) is 2. The molecular formula is C12H14ClNO3. The fraction of sp³-hybridized carbons (Fsp3) is 0.417. The van der Waals surface area contributed by atoms with E-state index in [9.17, 15) is 4.79 Å². The van der Waals surface area contributed by atoms with E-state index in [1.807, 2.05) is 18.2 Å². The number of carboxylic acids is 1. The van der Waals surface area contributed by atoms with Gasteiger partial charge in [0.2, 0.25) is 0 Å². The highest BCUT2D eigenvalue weighted by atomic mass is 35.5. The van der Waals surface area contributed by atoms with Gasteiger partial charge in [0, 0.05) is 11.1 Å². The van der Waals surface area contributed by atoms with Crippen LogP contribution in [0.5, 0.6) is 0 Å². The van der Waals surface area contributed by atoms with Crippen molar-refractivity contribution in [3.05, 3.63) is 34.9 Å². The fourth-order valence-corrected chi connectivity index (χ4v) is 2.46. The lowest BCUT2D eigenvalue weighted by Gasteiger charge is -2.46. The molecule has 92 valence electrons. The zero-order chi connectivity index (χ0) is 12.5. The molecule has 17 heavy (non-hydrogen) atoms. The van der Waals surface area contributed by atoms with Crippen LogP contribution in [0.15, 0.2) is 24.3 Å². The highest BCUT2D eigenvalue weighted by Crippen LogP contribution is 2.39. The van der Waals surface area contributed by atoms with Crippen LogP contribution in [0.25, 0.3) is 0 Å². The zero-order valence-corrected chi connectivity index (χ0v) is 9.98. The van der Waals surface area contributed by atoms with Crippen LogP contribution < -0.4 is 5.73 Å². The van der Waals surface area contributed by atoms with E-state index in [0.717, 1.165) is 5.56 Å². The molecule has 4 nitrogen and oxygen atoms in total. The first-order valence-corrected chi connectivity index (χ1v) is 5.74. The molecule has 0 aromatic heterocycles. The summed E-state index contributed by atoms with van der Waals surface area (Å²) >= 11 is 6.14. The third-order valence-corrected chi connectivity index (χ3v) is 3.56. The Labute approximate surface area is 104 Å². The Hall–Kier alpha value is -1.10. The molecule has 0 saturated carbocycles. The van der Waals surface area contributed by atoms with Gasteiger partial charge in [-0.25, -0.2) is 0 Å². The second-order valence-electron chi connectivity index (χ2n) is 4.33. The number of nitrogens with two attached hydrogens (primary N) is 1. The number of rotatable bonds is 4. The molecule has 1 saturated heterocycles. The molecule has 1 heterocycles. The van der Waals surface area contributed by atoms with Gasteiger partial charge < -0.3 is 15.6 Å². The Morgan fingerprint density at radius 1 is 1.53 bits per heavy atom. The Kier molecular flexibility index (Phi) is 3.38. The van der Waals surface area contributed by atoms with Gasteiger partial charge in [0.05, 0.1) is 25.0 Å². The summed E-state index contributed by atoms with van der Waals surface area (Å²) in [5, 5.41) is 9.44. The molecule has 0 bridgehead atoms. The van der Waals surface area contributed by atoms with Crippen LogP contribution in [0.1, 0.15) is 12.0 Å². The number of carbonyl (C=O) groups is 1. The number of hydrogen-bond acceptors (Lipinski definition) is 3. The van der Waals surface area contributed by atoms with Crippen molar-refractivity contribution in [1.82, 2.24) is 0 Å². The summed E-state index contributed by atoms with van der Waals surface area (Å²) in [6, 6.07) is 6.88. The van der Waals surface area contributed by atoms with Crippen molar-refractivity contribution in [3.63, 3.8) is 0 Å². The predicted octanol–water partition coefficient (Wildman–Crippen LogP) is 1.41. The SMILES string of the molecule is NC(CC(=O)O)C1(c2ccccc2Cl)COC1. The van der Waals surface area contributed by atoms with Crippen LogP contribution in [0.2, 0.25) is 5.02 Å². The highest BCUT2D eigenvalue weighted by molar-refractivity contribution is 6.31. The number of benzene rings is 1. The normalized spacial score (nSPS) is 19.4. The molecule has 1 aromatic carbocycles. The summed E-state index contributed by atoms with van der Waals surface area (Å²) in [7, 11) is 0. The molecule has 5 heteroatoms. The highest BCUT2D eigenvalue weighted by Gasteiger charge is 2.47. The minimum absolute atomic E-state index is 0.0887. The minimum Gasteiger partial charge on any atom is -0.481 e. The van der Waals surface area contributed by atoms with Crippen molar-refractivity contribution >= 4 is 17.6 Å². The van der Waals surface area contributed by atoms with Gasteiger partial charge in [0.25, 0.3) is 0 Å². The van der Waals surface area contributed by atoms with Crippen molar-refractivity contribution in [2.75, 3.05) is 13.2 Å². The predicted molar refractivity (Wildman–Crippen MR) is 64.2 cm³/mol. The first-order valence-electron chi connectivity index (χ1n) is 5.36. The van der Waals surface area contributed by atoms with Crippen LogP contribution in [-0.4, -0.2) is 30.3 Å². The van der Waals surface area contributed by atoms with Crippen LogP contribution >= 0.6 is 11.6 Å². The van der Waals surface area contributed by atoms with E-state index in [4.69, 9.17) is 27.2 Å². The number of carboxylic acid groups (broad SMARTS) is 1. The summed E-state index contributed by atoms with van der Waals surface area (Å²) in [5.41, 5.74) is 6.41. The van der Waals surface area contributed by atoms with E-state index in [1.54, 1.807) is 6.07 Å². The largest absolute Gasteiger partial charge is 0.481 e. The van der Waals surface area contributed by atoms with Gasteiger partial charge in [0.1, 0.15) is 0 Å². The van der Waals surface area contributed by atoms with E-state index in [2.05, 4.69) is 0 Å². The standard InChI is InChI=1S/C12H14ClNO3/c13-9-4-2-1-3-8(9)12(6-17-7-12)10(14)5-11(15)16/h1-4,10H,5-7,14H2,(H,15,16). The second kappa shape index (κ2) is 4.64. The van der Waals surface area contributed by atoms with Gasteiger partial charge in [-0.3, -0.25) is 4.79 Å². The Bertz CT molecular complexity index is 432. The maximum Gasteiger partial charge on any atom is 0.304 e. The van der Waals surface area contributed by atoms with Gasteiger partial charge in [-0.2, -0.15) is 0 Å². The van der Waals surface area contributed by atoms with Crippen molar-refractivity contribution in [2.24, 2.45) is 5.73 Å². The van der Waals surface area contributed by atoms with Gasteiger partial charge >= 0.3 is 5.97 Å². The monoisotopic (exact) mass is 255 g/mol. The average molecular weight is 256 g/mol.